The van der Waals surface area contributed by atoms with Gasteiger partial charge in [0.05, 0.1) is 14.2 Å². The molecule has 0 radical (unpaired) electrons. The maximum atomic E-state index is 11.7. The lowest BCUT2D eigenvalue weighted by atomic mass is 10.2. The van der Waals surface area contributed by atoms with Crippen LogP contribution in [0.1, 0.15) is 15.9 Å². The molecule has 0 amide bonds. The number of para-hydroxylation sites is 1. The van der Waals surface area contributed by atoms with Gasteiger partial charge in [-0.2, -0.15) is 0 Å². The fourth-order valence-corrected chi connectivity index (χ4v) is 1.80. The molecule has 0 unspecified atom stereocenters. The van der Waals surface area contributed by atoms with E-state index < -0.39 is 5.97 Å². The lowest BCUT2D eigenvalue weighted by Crippen LogP contribution is -2.03. The lowest BCUT2D eigenvalue weighted by Gasteiger charge is -2.09. The summed E-state index contributed by atoms with van der Waals surface area (Å²) in [6.45, 7) is 0. The van der Waals surface area contributed by atoms with Gasteiger partial charge in [0.1, 0.15) is 17.6 Å². The van der Waals surface area contributed by atoms with Crippen molar-refractivity contribution in [3.63, 3.8) is 0 Å². The highest BCUT2D eigenvalue weighted by Gasteiger charge is 2.12. The quantitative estimate of drug-likeness (QED) is 0.622. The van der Waals surface area contributed by atoms with Crippen molar-refractivity contribution in [1.29, 1.82) is 0 Å². The molecular weight excluding hydrogens is 268 g/mol. The number of carbonyl (C=O) groups is 1. The van der Waals surface area contributed by atoms with Crippen molar-refractivity contribution < 1.29 is 19.0 Å². The molecule has 0 saturated heterocycles. The molecule has 0 aromatic heterocycles. The van der Waals surface area contributed by atoms with Crippen LogP contribution in [0.3, 0.4) is 0 Å². The van der Waals surface area contributed by atoms with Crippen LogP contribution in [0.25, 0.3) is 5.76 Å². The summed E-state index contributed by atoms with van der Waals surface area (Å²) in [6, 6.07) is 16.4. The van der Waals surface area contributed by atoms with Crippen molar-refractivity contribution in [2.24, 2.45) is 0 Å². The zero-order valence-corrected chi connectivity index (χ0v) is 11.9. The highest BCUT2D eigenvalue weighted by molar-refractivity contribution is 5.92. The van der Waals surface area contributed by atoms with Crippen molar-refractivity contribution in [2.45, 2.75) is 0 Å². The Morgan fingerprint density at radius 1 is 0.905 bits per heavy atom. The number of methoxy groups -OCH3 is 2. The molecule has 0 atom stereocenters. The summed E-state index contributed by atoms with van der Waals surface area (Å²) in [5.74, 6) is 0.530. The molecule has 0 saturated carbocycles. The van der Waals surface area contributed by atoms with E-state index >= 15 is 0 Å². The highest BCUT2D eigenvalue weighted by atomic mass is 16.5. The van der Waals surface area contributed by atoms with Crippen molar-refractivity contribution in [2.75, 3.05) is 14.2 Å². The molecule has 0 aliphatic heterocycles. The molecule has 0 spiro atoms. The van der Waals surface area contributed by atoms with Crippen LogP contribution in [0.2, 0.25) is 0 Å². The Bertz CT molecular complexity index is 632. The molecule has 2 aromatic carbocycles. The zero-order chi connectivity index (χ0) is 15.1. The molecule has 4 nitrogen and oxygen atoms in total. The van der Waals surface area contributed by atoms with E-state index in [1.54, 1.807) is 31.4 Å². The summed E-state index contributed by atoms with van der Waals surface area (Å²) in [4.78, 5) is 11.7. The smallest absolute Gasteiger partial charge is 0.341 e. The molecule has 0 aliphatic rings. The first-order valence-corrected chi connectivity index (χ1v) is 6.40. The summed E-state index contributed by atoms with van der Waals surface area (Å²) in [5, 5.41) is 0. The van der Waals surface area contributed by atoms with Crippen LogP contribution in [0.4, 0.5) is 0 Å². The van der Waals surface area contributed by atoms with Gasteiger partial charge < -0.3 is 14.2 Å². The molecule has 108 valence electrons. The fourth-order valence-electron chi connectivity index (χ4n) is 1.80. The number of esters is 1. The number of carbonyl (C=O) groups excluding carboxylic acids is 1. The summed E-state index contributed by atoms with van der Waals surface area (Å²) in [6.07, 6.45) is 1.47. The Labute approximate surface area is 123 Å². The van der Waals surface area contributed by atoms with Gasteiger partial charge in [0.15, 0.2) is 5.76 Å². The molecule has 4 heteroatoms. The largest absolute Gasteiger partial charge is 0.493 e. The van der Waals surface area contributed by atoms with Crippen LogP contribution in [0.5, 0.6) is 5.75 Å². The highest BCUT2D eigenvalue weighted by Crippen LogP contribution is 2.21. The van der Waals surface area contributed by atoms with Crippen LogP contribution in [-0.4, -0.2) is 20.2 Å². The molecule has 21 heavy (non-hydrogen) atoms. The topological polar surface area (TPSA) is 44.8 Å². The van der Waals surface area contributed by atoms with Crippen LogP contribution in [0.15, 0.2) is 60.9 Å². The van der Waals surface area contributed by atoms with Crippen LogP contribution >= 0.6 is 0 Å². The van der Waals surface area contributed by atoms with Crippen molar-refractivity contribution >= 4 is 11.7 Å². The fraction of sp³-hybridized carbons (Fsp3) is 0.118. The number of benzene rings is 2. The van der Waals surface area contributed by atoms with Gasteiger partial charge in [0.2, 0.25) is 0 Å². The van der Waals surface area contributed by atoms with E-state index in [2.05, 4.69) is 0 Å². The third-order valence-corrected chi connectivity index (χ3v) is 2.86. The zero-order valence-electron chi connectivity index (χ0n) is 11.9. The minimum atomic E-state index is -0.447. The average Bonchev–Trinajstić information content (AvgIpc) is 2.56. The van der Waals surface area contributed by atoms with Crippen LogP contribution in [0, 0.1) is 0 Å². The molecule has 0 aliphatic carbocycles. The number of ether oxygens (including phenoxy) is 3. The molecule has 0 fully saturated rings. The Kier molecular flexibility index (Phi) is 4.99. The van der Waals surface area contributed by atoms with Crippen molar-refractivity contribution in [1.82, 2.24) is 0 Å². The maximum Gasteiger partial charge on any atom is 0.341 e. The average molecular weight is 284 g/mol. The van der Waals surface area contributed by atoms with E-state index in [0.717, 1.165) is 5.56 Å². The molecule has 0 heterocycles. The van der Waals surface area contributed by atoms with Gasteiger partial charge in [-0.3, -0.25) is 0 Å². The summed E-state index contributed by atoms with van der Waals surface area (Å²) >= 11 is 0. The second-order valence-corrected chi connectivity index (χ2v) is 4.16. The van der Waals surface area contributed by atoms with E-state index in [1.807, 2.05) is 30.3 Å². The van der Waals surface area contributed by atoms with E-state index in [4.69, 9.17) is 14.2 Å². The standard InChI is InChI=1S/C17H16O4/c1-19-16(13-8-4-3-5-9-13)12-21-15-11-7-6-10-14(15)17(18)20-2/h3-12H,1-2H3. The van der Waals surface area contributed by atoms with Crippen molar-refractivity contribution in [3.8, 4) is 5.75 Å². The predicted octanol–water partition coefficient (Wildman–Crippen LogP) is 3.50. The third kappa shape index (κ3) is 3.63. The molecular formula is C17H16O4. The Morgan fingerprint density at radius 3 is 2.24 bits per heavy atom. The normalized spacial score (nSPS) is 10.9. The van der Waals surface area contributed by atoms with Gasteiger partial charge in [0, 0.05) is 5.56 Å². The van der Waals surface area contributed by atoms with Gasteiger partial charge in [-0.05, 0) is 12.1 Å². The number of rotatable bonds is 5. The van der Waals surface area contributed by atoms with E-state index in [0.29, 0.717) is 17.1 Å². The Hall–Kier alpha value is -2.75. The van der Waals surface area contributed by atoms with Gasteiger partial charge in [-0.1, -0.05) is 42.5 Å². The summed E-state index contributed by atoms with van der Waals surface area (Å²) < 4.78 is 15.6. The minimum Gasteiger partial charge on any atom is -0.493 e. The van der Waals surface area contributed by atoms with E-state index in [9.17, 15) is 4.79 Å². The number of hydrogen-bond donors (Lipinski definition) is 0. The predicted molar refractivity (Wildman–Crippen MR) is 79.8 cm³/mol. The van der Waals surface area contributed by atoms with Gasteiger partial charge >= 0.3 is 5.97 Å². The molecule has 0 bridgehead atoms. The monoisotopic (exact) mass is 284 g/mol. The molecule has 0 N–H and O–H groups in total. The Morgan fingerprint density at radius 2 is 1.57 bits per heavy atom. The summed E-state index contributed by atoms with van der Waals surface area (Å²) in [5.41, 5.74) is 1.25. The van der Waals surface area contributed by atoms with Crippen molar-refractivity contribution in [3.05, 3.63) is 72.0 Å². The van der Waals surface area contributed by atoms with Gasteiger partial charge in [-0.15, -0.1) is 0 Å². The first-order valence-electron chi connectivity index (χ1n) is 6.40. The first-order chi connectivity index (χ1) is 10.3. The maximum absolute atomic E-state index is 11.7. The number of hydrogen-bond acceptors (Lipinski definition) is 4. The minimum absolute atomic E-state index is 0.361. The molecule has 2 aromatic rings. The second-order valence-electron chi connectivity index (χ2n) is 4.16. The lowest BCUT2D eigenvalue weighted by molar-refractivity contribution is 0.0598. The van der Waals surface area contributed by atoms with Gasteiger partial charge in [-0.25, -0.2) is 4.79 Å². The second kappa shape index (κ2) is 7.14. The van der Waals surface area contributed by atoms with Crippen LogP contribution < -0.4 is 4.74 Å². The SMILES string of the molecule is COC(=O)c1ccccc1OC=C(OC)c1ccccc1. The van der Waals surface area contributed by atoms with E-state index in [-0.39, 0.29) is 0 Å². The first kappa shape index (κ1) is 14.7. The van der Waals surface area contributed by atoms with E-state index in [1.165, 1.54) is 13.4 Å². The third-order valence-electron chi connectivity index (χ3n) is 2.86. The Balaban J connectivity index is 2.26. The molecule has 2 rings (SSSR count). The van der Waals surface area contributed by atoms with Crippen LogP contribution in [-0.2, 0) is 9.47 Å². The summed E-state index contributed by atoms with van der Waals surface area (Å²) in [7, 11) is 2.90. The van der Waals surface area contributed by atoms with Gasteiger partial charge in [0.25, 0.3) is 0 Å².